The average Bonchev–Trinajstić information content (AvgIpc) is 2.44. The molecule has 0 saturated heterocycles. The van der Waals surface area contributed by atoms with Gasteiger partial charge in [-0.15, -0.1) is 0 Å². The van der Waals surface area contributed by atoms with Crippen LogP contribution in [-0.2, 0) is 16.0 Å². The van der Waals surface area contributed by atoms with Gasteiger partial charge in [-0.05, 0) is 17.5 Å². The van der Waals surface area contributed by atoms with Crippen LogP contribution in [0.3, 0.4) is 0 Å². The van der Waals surface area contributed by atoms with E-state index in [9.17, 15) is 9.59 Å². The maximum atomic E-state index is 12.2. The van der Waals surface area contributed by atoms with Crippen LogP contribution in [0.25, 0.3) is 0 Å². The number of fused-ring (bicyclic) bond motifs is 1. The monoisotopic (exact) mass is 280 g/mol. The normalized spacial score (nSPS) is 23.5. The Morgan fingerprint density at radius 2 is 2.16 bits per heavy atom. The fourth-order valence-electron chi connectivity index (χ4n) is 2.27. The summed E-state index contributed by atoms with van der Waals surface area (Å²) in [6, 6.07) is 5.19. The number of carboxylic acids is 1. The van der Waals surface area contributed by atoms with Gasteiger partial charge in [0.05, 0.1) is 12.1 Å². The third kappa shape index (κ3) is 2.80. The average molecular weight is 280 g/mol. The maximum Gasteiger partial charge on any atom is 0.321 e. The van der Waals surface area contributed by atoms with Gasteiger partial charge >= 0.3 is 5.97 Å². The van der Waals surface area contributed by atoms with E-state index in [4.69, 9.17) is 10.8 Å². The molecule has 0 aromatic heterocycles. The van der Waals surface area contributed by atoms with E-state index in [1.807, 2.05) is 24.3 Å². The molecule has 0 aliphatic carbocycles. The highest BCUT2D eigenvalue weighted by Crippen LogP contribution is 2.26. The van der Waals surface area contributed by atoms with Crippen molar-refractivity contribution in [2.24, 2.45) is 5.73 Å². The number of Topliss-reactive ketones (excluding diaryl/α,β-unsaturated/α-hetero) is 1. The number of hydrogen-bond donors (Lipinski definition) is 4. The summed E-state index contributed by atoms with van der Waals surface area (Å²) in [5.41, 5.74) is 7.39. The van der Waals surface area contributed by atoms with Crippen LogP contribution in [0, 0.1) is 0 Å². The summed E-state index contributed by atoms with van der Waals surface area (Å²) in [5, 5.41) is 12.0. The van der Waals surface area contributed by atoms with Gasteiger partial charge in [0.25, 0.3) is 0 Å². The highest BCUT2D eigenvalue weighted by Gasteiger charge is 2.35. The Morgan fingerprint density at radius 3 is 2.79 bits per heavy atom. The van der Waals surface area contributed by atoms with Crippen molar-refractivity contribution in [1.82, 2.24) is 5.32 Å². The molecule has 0 radical (unpaired) electrons. The Kier molecular flexibility index (Phi) is 4.24. The standard InChI is InChI=1S/C13H16N2O3S/c14-9(6-19)12(16)11-8-4-2-1-3-7(8)5-10(15-11)13(17)18/h1-4,9-11,15,19H,5-6,14H2,(H,17,18)/t9-,10?,11+/m1/s1. The van der Waals surface area contributed by atoms with E-state index >= 15 is 0 Å². The zero-order valence-corrected chi connectivity index (χ0v) is 11.1. The number of aliphatic carboxylic acids is 1. The Bertz CT molecular complexity index is 506. The van der Waals surface area contributed by atoms with E-state index in [0.29, 0.717) is 6.42 Å². The van der Waals surface area contributed by atoms with Crippen molar-refractivity contribution in [3.8, 4) is 0 Å². The summed E-state index contributed by atoms with van der Waals surface area (Å²) < 4.78 is 0. The van der Waals surface area contributed by atoms with Crippen LogP contribution >= 0.6 is 12.6 Å². The van der Waals surface area contributed by atoms with E-state index in [1.54, 1.807) is 0 Å². The van der Waals surface area contributed by atoms with Crippen molar-refractivity contribution in [2.75, 3.05) is 5.75 Å². The number of rotatable bonds is 4. The van der Waals surface area contributed by atoms with Gasteiger partial charge in [0.15, 0.2) is 5.78 Å². The van der Waals surface area contributed by atoms with Crippen molar-refractivity contribution >= 4 is 24.4 Å². The van der Waals surface area contributed by atoms with Crippen molar-refractivity contribution < 1.29 is 14.7 Å². The van der Waals surface area contributed by atoms with Gasteiger partial charge in [0.2, 0.25) is 0 Å². The topological polar surface area (TPSA) is 92.4 Å². The molecule has 4 N–H and O–H groups in total. The minimum Gasteiger partial charge on any atom is -0.480 e. The summed E-state index contributed by atoms with van der Waals surface area (Å²) in [6.45, 7) is 0. The molecule has 1 aliphatic heterocycles. The number of carbonyl (C=O) groups excluding carboxylic acids is 1. The number of benzene rings is 1. The smallest absolute Gasteiger partial charge is 0.321 e. The fourth-order valence-corrected chi connectivity index (χ4v) is 2.45. The number of carboxylic acid groups (broad SMARTS) is 1. The Balaban J connectivity index is 2.36. The number of ketones is 1. The Hall–Kier alpha value is -1.37. The Morgan fingerprint density at radius 1 is 1.47 bits per heavy atom. The largest absolute Gasteiger partial charge is 0.480 e. The predicted octanol–water partition coefficient (Wildman–Crippen LogP) is 0.153. The summed E-state index contributed by atoms with van der Waals surface area (Å²) in [7, 11) is 0. The second-order valence-electron chi connectivity index (χ2n) is 4.58. The van der Waals surface area contributed by atoms with E-state index in [2.05, 4.69) is 17.9 Å². The van der Waals surface area contributed by atoms with E-state index < -0.39 is 24.1 Å². The molecule has 0 spiro atoms. The van der Waals surface area contributed by atoms with E-state index in [0.717, 1.165) is 11.1 Å². The molecule has 0 bridgehead atoms. The van der Waals surface area contributed by atoms with Crippen molar-refractivity contribution in [3.05, 3.63) is 35.4 Å². The molecular weight excluding hydrogens is 264 g/mol. The lowest BCUT2D eigenvalue weighted by Crippen LogP contribution is -2.51. The summed E-state index contributed by atoms with van der Waals surface area (Å²) in [4.78, 5) is 23.4. The minimum atomic E-state index is -0.966. The molecule has 1 aromatic rings. The second kappa shape index (κ2) is 5.73. The third-order valence-electron chi connectivity index (χ3n) is 3.30. The van der Waals surface area contributed by atoms with Crippen LogP contribution in [0.5, 0.6) is 0 Å². The molecule has 1 aliphatic rings. The molecule has 5 nitrogen and oxygen atoms in total. The Labute approximate surface area is 116 Å². The first-order valence-corrected chi connectivity index (χ1v) is 6.64. The van der Waals surface area contributed by atoms with Crippen LogP contribution in [0.1, 0.15) is 17.2 Å². The van der Waals surface area contributed by atoms with Gasteiger partial charge in [-0.2, -0.15) is 12.6 Å². The fraction of sp³-hybridized carbons (Fsp3) is 0.385. The zero-order valence-electron chi connectivity index (χ0n) is 10.2. The summed E-state index contributed by atoms with van der Waals surface area (Å²) in [5.74, 6) is -0.961. The molecule has 0 amide bonds. The van der Waals surface area contributed by atoms with E-state index in [1.165, 1.54) is 0 Å². The minimum absolute atomic E-state index is 0.228. The van der Waals surface area contributed by atoms with Crippen LogP contribution in [0.15, 0.2) is 24.3 Å². The van der Waals surface area contributed by atoms with Crippen LogP contribution < -0.4 is 11.1 Å². The summed E-state index contributed by atoms with van der Waals surface area (Å²) >= 11 is 4.02. The van der Waals surface area contributed by atoms with Gasteiger partial charge in [-0.1, -0.05) is 24.3 Å². The van der Waals surface area contributed by atoms with Gasteiger partial charge in [0, 0.05) is 5.75 Å². The van der Waals surface area contributed by atoms with Crippen LogP contribution in [-0.4, -0.2) is 34.7 Å². The molecule has 19 heavy (non-hydrogen) atoms. The summed E-state index contributed by atoms with van der Waals surface area (Å²) in [6.07, 6.45) is 0.366. The number of nitrogens with two attached hydrogens (primary N) is 1. The molecule has 1 heterocycles. The molecular formula is C13H16N2O3S. The van der Waals surface area contributed by atoms with Gasteiger partial charge < -0.3 is 10.8 Å². The molecule has 0 saturated carbocycles. The molecule has 6 heteroatoms. The zero-order chi connectivity index (χ0) is 14.0. The first kappa shape index (κ1) is 14.0. The number of nitrogens with one attached hydrogen (secondary N) is 1. The SMILES string of the molecule is N[C@H](CS)C(=O)[C@H]1NC(C(=O)O)Cc2ccccc21. The van der Waals surface area contributed by atoms with Gasteiger partial charge in [-0.3, -0.25) is 14.9 Å². The van der Waals surface area contributed by atoms with E-state index in [-0.39, 0.29) is 11.5 Å². The lowest BCUT2D eigenvalue weighted by Gasteiger charge is -2.31. The highest BCUT2D eigenvalue weighted by atomic mass is 32.1. The molecule has 0 fully saturated rings. The quantitative estimate of drug-likeness (QED) is 0.589. The van der Waals surface area contributed by atoms with Gasteiger partial charge in [-0.25, -0.2) is 0 Å². The second-order valence-corrected chi connectivity index (χ2v) is 4.95. The van der Waals surface area contributed by atoms with Crippen molar-refractivity contribution in [1.29, 1.82) is 0 Å². The number of thiol groups is 1. The third-order valence-corrected chi connectivity index (χ3v) is 3.70. The van der Waals surface area contributed by atoms with Crippen LogP contribution in [0.4, 0.5) is 0 Å². The molecule has 102 valence electrons. The van der Waals surface area contributed by atoms with Crippen molar-refractivity contribution in [3.63, 3.8) is 0 Å². The molecule has 1 aromatic carbocycles. The lowest BCUT2D eigenvalue weighted by atomic mass is 9.87. The highest BCUT2D eigenvalue weighted by molar-refractivity contribution is 7.80. The van der Waals surface area contributed by atoms with Gasteiger partial charge in [0.1, 0.15) is 6.04 Å². The maximum absolute atomic E-state index is 12.2. The predicted molar refractivity (Wildman–Crippen MR) is 74.3 cm³/mol. The lowest BCUT2D eigenvalue weighted by molar-refractivity contribution is -0.140. The van der Waals surface area contributed by atoms with Crippen LogP contribution in [0.2, 0.25) is 0 Å². The molecule has 1 unspecified atom stereocenters. The number of carbonyl (C=O) groups is 2. The first-order chi connectivity index (χ1) is 9.04. The molecule has 3 atom stereocenters. The number of hydrogen-bond acceptors (Lipinski definition) is 5. The first-order valence-electron chi connectivity index (χ1n) is 6.01. The molecule has 2 rings (SSSR count). The van der Waals surface area contributed by atoms with Crippen molar-refractivity contribution in [2.45, 2.75) is 24.5 Å².